The lowest BCUT2D eigenvalue weighted by molar-refractivity contribution is -0.199. The van der Waals surface area contributed by atoms with E-state index in [0.29, 0.717) is 0 Å². The highest BCUT2D eigenvalue weighted by atomic mass is 16.5. The lowest BCUT2D eigenvalue weighted by Crippen LogP contribution is -2.62. The van der Waals surface area contributed by atoms with E-state index in [1.165, 1.54) is 0 Å². The van der Waals surface area contributed by atoms with Gasteiger partial charge in [0.15, 0.2) is 0 Å². The Kier molecular flexibility index (Phi) is 4.12. The third-order valence-electron chi connectivity index (χ3n) is 5.58. The average Bonchev–Trinajstić information content (AvgIpc) is 2.51. The topological polar surface area (TPSA) is 58.5 Å². The summed E-state index contributed by atoms with van der Waals surface area (Å²) in [4.78, 5) is 11.4. The second-order valence-corrected chi connectivity index (χ2v) is 6.72. The Hall–Kier alpha value is -1.20. The Morgan fingerprint density at radius 2 is 1.91 bits per heavy atom. The summed E-state index contributed by atoms with van der Waals surface area (Å²) in [7, 11) is 0. The Morgan fingerprint density at radius 3 is 2.50 bits per heavy atom. The monoisotopic (exact) mass is 305 g/mol. The van der Waals surface area contributed by atoms with Crippen LogP contribution in [0.1, 0.15) is 43.3 Å². The van der Waals surface area contributed by atoms with Gasteiger partial charge >= 0.3 is 0 Å². The first-order valence-corrected chi connectivity index (χ1v) is 8.34. The molecule has 0 radical (unpaired) electrons. The van der Waals surface area contributed by atoms with Gasteiger partial charge in [0.25, 0.3) is 0 Å². The van der Waals surface area contributed by atoms with Crippen LogP contribution in [0.3, 0.4) is 0 Å². The molecule has 2 fully saturated rings. The second-order valence-electron chi connectivity index (χ2n) is 6.72. The summed E-state index contributed by atoms with van der Waals surface area (Å²) in [6.07, 6.45) is 2.75. The van der Waals surface area contributed by atoms with E-state index in [2.05, 4.69) is 21.8 Å². The van der Waals surface area contributed by atoms with Gasteiger partial charge in [-0.3, -0.25) is 0 Å². The lowest BCUT2D eigenvalue weighted by Gasteiger charge is -2.56. The minimum Gasteiger partial charge on any atom is -0.392 e. The van der Waals surface area contributed by atoms with Crippen LogP contribution in [-0.4, -0.2) is 47.0 Å². The molecule has 1 saturated carbocycles. The van der Waals surface area contributed by atoms with Crippen molar-refractivity contribution in [1.82, 2.24) is 9.97 Å². The minimum atomic E-state index is -0.207. The number of piperidine rings is 1. The van der Waals surface area contributed by atoms with Crippen molar-refractivity contribution in [3.8, 4) is 0 Å². The van der Waals surface area contributed by atoms with Gasteiger partial charge in [0, 0.05) is 42.8 Å². The number of rotatable bonds is 3. The van der Waals surface area contributed by atoms with Gasteiger partial charge < -0.3 is 14.7 Å². The molecule has 1 aliphatic heterocycles. The van der Waals surface area contributed by atoms with E-state index >= 15 is 0 Å². The number of hydrogen-bond donors (Lipinski definition) is 1. The molecule has 0 unspecified atom stereocenters. The highest BCUT2D eigenvalue weighted by Gasteiger charge is 2.56. The summed E-state index contributed by atoms with van der Waals surface area (Å²) < 4.78 is 5.84. The number of nitrogens with zero attached hydrogens (tertiary/aromatic N) is 3. The zero-order chi connectivity index (χ0) is 15.9. The highest BCUT2D eigenvalue weighted by molar-refractivity contribution is 5.48. The molecular formula is C17H27N3O2. The van der Waals surface area contributed by atoms with Crippen LogP contribution < -0.4 is 4.90 Å². The van der Waals surface area contributed by atoms with Gasteiger partial charge in [-0.2, -0.15) is 0 Å². The molecule has 2 atom stereocenters. The summed E-state index contributed by atoms with van der Waals surface area (Å²) in [6, 6.07) is 0. The first-order chi connectivity index (χ1) is 10.5. The first kappa shape index (κ1) is 15.7. The molecule has 0 bridgehead atoms. The number of hydrogen-bond acceptors (Lipinski definition) is 5. The molecule has 1 spiro atoms. The van der Waals surface area contributed by atoms with Gasteiger partial charge in [0.2, 0.25) is 0 Å². The van der Waals surface area contributed by atoms with E-state index in [1.807, 2.05) is 20.8 Å². The zero-order valence-corrected chi connectivity index (χ0v) is 14.1. The Morgan fingerprint density at radius 1 is 1.23 bits per heavy atom. The van der Waals surface area contributed by atoms with Crippen molar-refractivity contribution < 1.29 is 9.84 Å². The zero-order valence-electron chi connectivity index (χ0n) is 14.1. The minimum absolute atomic E-state index is 0.0302. The maximum atomic E-state index is 10.3. The third kappa shape index (κ3) is 2.40. The fraction of sp³-hybridized carbons (Fsp3) is 0.765. The van der Waals surface area contributed by atoms with Crippen LogP contribution in [0.2, 0.25) is 0 Å². The van der Waals surface area contributed by atoms with E-state index in [4.69, 9.17) is 4.74 Å². The summed E-state index contributed by atoms with van der Waals surface area (Å²) in [5.74, 6) is 1.89. The normalized spacial score (nSPS) is 27.0. The van der Waals surface area contributed by atoms with Crippen molar-refractivity contribution in [2.45, 2.75) is 59.2 Å². The van der Waals surface area contributed by atoms with E-state index in [1.54, 1.807) is 0 Å². The fourth-order valence-electron chi connectivity index (χ4n) is 4.01. The van der Waals surface area contributed by atoms with Crippen LogP contribution in [0, 0.1) is 26.2 Å². The molecule has 122 valence electrons. The molecule has 1 aromatic rings. The van der Waals surface area contributed by atoms with Crippen molar-refractivity contribution >= 4 is 5.82 Å². The quantitative estimate of drug-likeness (QED) is 0.927. The summed E-state index contributed by atoms with van der Waals surface area (Å²) in [5, 5.41) is 10.3. The summed E-state index contributed by atoms with van der Waals surface area (Å²) in [6.45, 7) is 10.7. The van der Waals surface area contributed by atoms with Gasteiger partial charge in [-0.05, 0) is 40.5 Å². The van der Waals surface area contributed by atoms with Crippen molar-refractivity contribution in [1.29, 1.82) is 0 Å². The smallest absolute Gasteiger partial charge is 0.135 e. The number of aromatic nitrogens is 2. The van der Waals surface area contributed by atoms with Crippen molar-refractivity contribution in [3.63, 3.8) is 0 Å². The summed E-state index contributed by atoms with van der Waals surface area (Å²) in [5.41, 5.74) is 2.19. The third-order valence-corrected chi connectivity index (χ3v) is 5.58. The standard InChI is InChI=1S/C17H27N3O2/c1-5-22-15-10-14(21)17(15)6-8-20(9-7-17)16-11(2)12(3)18-13(4)19-16/h14-15,21H,5-10H2,1-4H3/t14-,15+/m0/s1. The molecule has 1 aliphatic carbocycles. The number of aliphatic hydroxyl groups excluding tert-OH is 1. The molecular weight excluding hydrogens is 278 g/mol. The van der Waals surface area contributed by atoms with E-state index < -0.39 is 0 Å². The largest absolute Gasteiger partial charge is 0.392 e. The van der Waals surface area contributed by atoms with E-state index in [9.17, 15) is 5.11 Å². The second kappa shape index (κ2) is 5.78. The van der Waals surface area contributed by atoms with Gasteiger partial charge in [-0.1, -0.05) is 0 Å². The van der Waals surface area contributed by atoms with Crippen LogP contribution in [-0.2, 0) is 4.74 Å². The Balaban J connectivity index is 1.75. The molecule has 2 aliphatic rings. The maximum absolute atomic E-state index is 10.3. The van der Waals surface area contributed by atoms with E-state index in [0.717, 1.165) is 61.9 Å². The first-order valence-electron chi connectivity index (χ1n) is 8.34. The fourth-order valence-corrected chi connectivity index (χ4v) is 4.01. The SMILES string of the molecule is CCO[C@@H]1C[C@H](O)C12CCN(c1nc(C)nc(C)c1C)CC2. The highest BCUT2D eigenvalue weighted by Crippen LogP contribution is 2.51. The molecule has 0 amide bonds. The molecule has 22 heavy (non-hydrogen) atoms. The number of aliphatic hydroxyl groups is 1. The van der Waals surface area contributed by atoms with Crippen LogP contribution in [0.5, 0.6) is 0 Å². The van der Waals surface area contributed by atoms with Gasteiger partial charge in [0.05, 0.1) is 12.2 Å². The van der Waals surface area contributed by atoms with Crippen molar-refractivity contribution in [3.05, 3.63) is 17.1 Å². The maximum Gasteiger partial charge on any atom is 0.135 e. The van der Waals surface area contributed by atoms with Crippen LogP contribution in [0.15, 0.2) is 0 Å². The van der Waals surface area contributed by atoms with Gasteiger partial charge in [-0.25, -0.2) is 9.97 Å². The van der Waals surface area contributed by atoms with Crippen molar-refractivity contribution in [2.75, 3.05) is 24.6 Å². The Labute approximate surface area is 132 Å². The van der Waals surface area contributed by atoms with Crippen LogP contribution in [0.4, 0.5) is 5.82 Å². The van der Waals surface area contributed by atoms with E-state index in [-0.39, 0.29) is 17.6 Å². The predicted molar refractivity (Wildman–Crippen MR) is 86.2 cm³/mol. The molecule has 5 nitrogen and oxygen atoms in total. The van der Waals surface area contributed by atoms with Crippen molar-refractivity contribution in [2.24, 2.45) is 5.41 Å². The Bertz CT molecular complexity index is 551. The molecule has 2 heterocycles. The van der Waals surface area contributed by atoms with Crippen LogP contribution >= 0.6 is 0 Å². The van der Waals surface area contributed by atoms with Gasteiger partial charge in [0.1, 0.15) is 11.6 Å². The number of aryl methyl sites for hydroxylation is 2. The molecule has 1 aromatic heterocycles. The molecule has 1 saturated heterocycles. The summed E-state index contributed by atoms with van der Waals surface area (Å²) >= 11 is 0. The van der Waals surface area contributed by atoms with Crippen LogP contribution in [0.25, 0.3) is 0 Å². The molecule has 3 rings (SSSR count). The molecule has 5 heteroatoms. The van der Waals surface area contributed by atoms with Gasteiger partial charge in [-0.15, -0.1) is 0 Å². The number of anilines is 1. The predicted octanol–water partition coefficient (Wildman–Crippen LogP) is 2.16. The lowest BCUT2D eigenvalue weighted by atomic mass is 9.58. The average molecular weight is 305 g/mol. The molecule has 1 N–H and O–H groups in total. The number of ether oxygens (including phenoxy) is 1. The molecule has 0 aromatic carbocycles.